The Kier molecular flexibility index (Phi) is 13.6. The van der Waals surface area contributed by atoms with E-state index in [0.717, 1.165) is 12.0 Å². The van der Waals surface area contributed by atoms with E-state index in [1.165, 1.54) is 44.9 Å². The van der Waals surface area contributed by atoms with Gasteiger partial charge in [-0.3, -0.25) is 0 Å². The Labute approximate surface area is 164 Å². The third-order valence-corrected chi connectivity index (χ3v) is 4.23. The summed E-state index contributed by atoms with van der Waals surface area (Å²) in [7, 11) is 0. The highest BCUT2D eigenvalue weighted by molar-refractivity contribution is 5.89. The lowest BCUT2D eigenvalue weighted by molar-refractivity contribution is 0.0472. The van der Waals surface area contributed by atoms with Gasteiger partial charge in [-0.1, -0.05) is 100 Å². The molecule has 3 heteroatoms. The second kappa shape index (κ2) is 16.1. The van der Waals surface area contributed by atoms with Crippen LogP contribution in [0.3, 0.4) is 0 Å². The van der Waals surface area contributed by atoms with Gasteiger partial charge in [0.25, 0.3) is 0 Å². The Morgan fingerprint density at radius 1 is 0.778 bits per heavy atom. The highest BCUT2D eigenvalue weighted by Crippen LogP contribution is 2.08. The second-order valence-electron chi connectivity index (χ2n) is 6.63. The van der Waals surface area contributed by atoms with Crippen LogP contribution in [0.5, 0.6) is 0 Å². The minimum Gasteiger partial charge on any atom is -0.457 e. The molecule has 0 fully saturated rings. The van der Waals surface area contributed by atoms with E-state index in [4.69, 9.17) is 9.84 Å². The van der Waals surface area contributed by atoms with Gasteiger partial charge in [0.05, 0.1) is 5.56 Å². The highest BCUT2D eigenvalue weighted by atomic mass is 16.5. The summed E-state index contributed by atoms with van der Waals surface area (Å²) < 4.78 is 5.18. The molecule has 2 rings (SSSR count). The molecule has 0 radical (unpaired) electrons. The molecule has 148 valence electrons. The minimum atomic E-state index is -0.288. The number of rotatable bonds is 11. The lowest BCUT2D eigenvalue weighted by Crippen LogP contribution is -2.04. The maximum atomic E-state index is 11.6. The van der Waals surface area contributed by atoms with Crippen molar-refractivity contribution in [3.8, 4) is 0 Å². The Hall–Kier alpha value is -2.13. The van der Waals surface area contributed by atoms with Crippen LogP contribution < -0.4 is 0 Å². The van der Waals surface area contributed by atoms with E-state index in [0.29, 0.717) is 18.8 Å². The summed E-state index contributed by atoms with van der Waals surface area (Å²) in [5.74, 6) is -0.288. The Morgan fingerprint density at radius 2 is 1.30 bits per heavy atom. The van der Waals surface area contributed by atoms with Gasteiger partial charge in [-0.05, 0) is 24.1 Å². The molecule has 1 N–H and O–H groups in total. The van der Waals surface area contributed by atoms with Crippen molar-refractivity contribution in [2.45, 2.75) is 64.9 Å². The molecule has 0 bridgehead atoms. The van der Waals surface area contributed by atoms with E-state index in [1.807, 2.05) is 48.5 Å². The number of ether oxygens (including phenoxy) is 1. The molecule has 0 amide bonds. The number of carbonyl (C=O) groups is 1. The molecule has 0 heterocycles. The lowest BCUT2D eigenvalue weighted by Gasteiger charge is -2.04. The molecule has 0 unspecified atom stereocenters. The molecule has 0 saturated carbocycles. The summed E-state index contributed by atoms with van der Waals surface area (Å²) >= 11 is 0. The van der Waals surface area contributed by atoms with Gasteiger partial charge in [0, 0.05) is 6.61 Å². The average Bonchev–Trinajstić information content (AvgIpc) is 2.73. The number of unbranched alkanes of at least 4 members (excludes halogenated alkanes) is 7. The van der Waals surface area contributed by atoms with E-state index in [-0.39, 0.29) is 5.97 Å². The summed E-state index contributed by atoms with van der Waals surface area (Å²) in [6, 6.07) is 18.6. The third kappa shape index (κ3) is 12.0. The molecule has 0 saturated heterocycles. The van der Waals surface area contributed by atoms with Crippen LogP contribution in [0.1, 0.15) is 74.2 Å². The number of aliphatic hydroxyl groups is 1. The van der Waals surface area contributed by atoms with Crippen LogP contribution in [-0.4, -0.2) is 17.7 Å². The number of hydrogen-bond donors (Lipinski definition) is 1. The Balaban J connectivity index is 0.000000293. The van der Waals surface area contributed by atoms with Crippen molar-refractivity contribution in [3.05, 3.63) is 71.8 Å². The van der Waals surface area contributed by atoms with Crippen molar-refractivity contribution < 1.29 is 14.6 Å². The lowest BCUT2D eigenvalue weighted by atomic mass is 10.1. The SMILES string of the molecule is CCCCCCCCCCO.O=C(OCc1ccccc1)c1ccccc1. The standard InChI is InChI=1S/C14H12O2.C10H22O/c15-14(13-9-5-2-6-10-13)16-11-12-7-3-1-4-8-12;1-2-3-4-5-6-7-8-9-10-11/h1-10H,11H2;11H,2-10H2,1H3. The fourth-order valence-corrected chi connectivity index (χ4v) is 2.63. The number of carbonyl (C=O) groups excluding carboxylic acids is 1. The van der Waals surface area contributed by atoms with Crippen molar-refractivity contribution in [2.75, 3.05) is 6.61 Å². The average molecular weight is 371 g/mol. The predicted molar refractivity (Wildman–Crippen MR) is 112 cm³/mol. The van der Waals surface area contributed by atoms with Gasteiger partial charge in [0.15, 0.2) is 0 Å². The molecular weight excluding hydrogens is 336 g/mol. The molecule has 0 aromatic heterocycles. The summed E-state index contributed by atoms with van der Waals surface area (Å²) in [6.45, 7) is 2.93. The number of aliphatic hydroxyl groups excluding tert-OH is 1. The number of esters is 1. The summed E-state index contributed by atoms with van der Waals surface area (Å²) in [5, 5.41) is 8.51. The molecule has 0 atom stereocenters. The van der Waals surface area contributed by atoms with E-state index >= 15 is 0 Å². The topological polar surface area (TPSA) is 46.5 Å². The van der Waals surface area contributed by atoms with Crippen molar-refractivity contribution in [3.63, 3.8) is 0 Å². The maximum absolute atomic E-state index is 11.6. The van der Waals surface area contributed by atoms with Gasteiger partial charge in [0.2, 0.25) is 0 Å². The van der Waals surface area contributed by atoms with Crippen LogP contribution in [0.25, 0.3) is 0 Å². The van der Waals surface area contributed by atoms with Gasteiger partial charge in [-0.25, -0.2) is 4.79 Å². The zero-order valence-electron chi connectivity index (χ0n) is 16.6. The molecular formula is C24H34O3. The van der Waals surface area contributed by atoms with E-state index in [2.05, 4.69) is 6.92 Å². The monoisotopic (exact) mass is 370 g/mol. The fraction of sp³-hybridized carbons (Fsp3) is 0.458. The normalized spacial score (nSPS) is 10.0. The molecule has 0 aliphatic carbocycles. The third-order valence-electron chi connectivity index (χ3n) is 4.23. The van der Waals surface area contributed by atoms with Crippen molar-refractivity contribution in [1.29, 1.82) is 0 Å². The first-order valence-corrected chi connectivity index (χ1v) is 10.1. The maximum Gasteiger partial charge on any atom is 0.338 e. The van der Waals surface area contributed by atoms with Crippen LogP contribution in [0.15, 0.2) is 60.7 Å². The Morgan fingerprint density at radius 3 is 1.85 bits per heavy atom. The van der Waals surface area contributed by atoms with Gasteiger partial charge in [0.1, 0.15) is 6.61 Å². The van der Waals surface area contributed by atoms with Crippen molar-refractivity contribution in [1.82, 2.24) is 0 Å². The summed E-state index contributed by atoms with van der Waals surface area (Å²) in [6.07, 6.45) is 10.4. The minimum absolute atomic E-state index is 0.288. The largest absolute Gasteiger partial charge is 0.457 e. The van der Waals surface area contributed by atoms with E-state index < -0.39 is 0 Å². The quantitative estimate of drug-likeness (QED) is 0.380. The number of hydrogen-bond acceptors (Lipinski definition) is 3. The smallest absolute Gasteiger partial charge is 0.338 e. The van der Waals surface area contributed by atoms with Crippen LogP contribution in [0.2, 0.25) is 0 Å². The molecule has 0 aliphatic rings. The Bertz CT molecular complexity index is 573. The molecule has 27 heavy (non-hydrogen) atoms. The molecule has 2 aromatic carbocycles. The van der Waals surface area contributed by atoms with Crippen molar-refractivity contribution in [2.24, 2.45) is 0 Å². The second-order valence-corrected chi connectivity index (χ2v) is 6.63. The van der Waals surface area contributed by atoms with Crippen LogP contribution >= 0.6 is 0 Å². The van der Waals surface area contributed by atoms with E-state index in [9.17, 15) is 4.79 Å². The zero-order chi connectivity index (χ0) is 19.6. The van der Waals surface area contributed by atoms with Gasteiger partial charge in [-0.2, -0.15) is 0 Å². The van der Waals surface area contributed by atoms with Crippen molar-refractivity contribution >= 4 is 5.97 Å². The highest BCUT2D eigenvalue weighted by Gasteiger charge is 2.05. The molecule has 0 aliphatic heterocycles. The first-order chi connectivity index (χ1) is 13.3. The summed E-state index contributed by atoms with van der Waals surface area (Å²) in [4.78, 5) is 11.6. The fourth-order valence-electron chi connectivity index (χ4n) is 2.63. The predicted octanol–water partition coefficient (Wildman–Crippen LogP) is 6.16. The molecule has 0 spiro atoms. The van der Waals surface area contributed by atoms with Crippen LogP contribution in [0, 0.1) is 0 Å². The van der Waals surface area contributed by atoms with Crippen LogP contribution in [0.4, 0.5) is 0 Å². The van der Waals surface area contributed by atoms with Gasteiger partial charge in [-0.15, -0.1) is 0 Å². The van der Waals surface area contributed by atoms with Gasteiger partial charge >= 0.3 is 5.97 Å². The van der Waals surface area contributed by atoms with E-state index in [1.54, 1.807) is 12.1 Å². The van der Waals surface area contributed by atoms with Crippen LogP contribution in [-0.2, 0) is 11.3 Å². The first-order valence-electron chi connectivity index (χ1n) is 10.1. The summed E-state index contributed by atoms with van der Waals surface area (Å²) in [5.41, 5.74) is 1.57. The zero-order valence-corrected chi connectivity index (χ0v) is 16.6. The van der Waals surface area contributed by atoms with Gasteiger partial charge < -0.3 is 9.84 Å². The number of benzene rings is 2. The first kappa shape index (κ1) is 22.9. The molecule has 2 aromatic rings. The molecule has 3 nitrogen and oxygen atoms in total.